The summed E-state index contributed by atoms with van der Waals surface area (Å²) in [6.45, 7) is 0. The molecule has 0 heterocycles. The third-order valence-corrected chi connectivity index (χ3v) is 3.73. The number of rotatable bonds is 4. The fraction of sp³-hybridized carbons (Fsp3) is 0.0526. The number of carbonyl (C=O) groups excluding carboxylic acids is 1. The smallest absolute Gasteiger partial charge is 0.335 e. The van der Waals surface area contributed by atoms with Crippen LogP contribution in [0.3, 0.4) is 0 Å². The summed E-state index contributed by atoms with van der Waals surface area (Å²) in [5.74, 6) is -0.710. The Bertz CT molecular complexity index is 948. The summed E-state index contributed by atoms with van der Waals surface area (Å²) >= 11 is 0. The van der Waals surface area contributed by atoms with Gasteiger partial charge in [0.15, 0.2) is 0 Å². The molecule has 0 fully saturated rings. The van der Waals surface area contributed by atoms with Crippen LogP contribution in [-0.4, -0.2) is 24.2 Å². The highest BCUT2D eigenvalue weighted by Gasteiger charge is 2.12. The minimum absolute atomic E-state index is 0.0567. The summed E-state index contributed by atoms with van der Waals surface area (Å²) in [6.07, 6.45) is 0. The lowest BCUT2D eigenvalue weighted by atomic mass is 10.1. The van der Waals surface area contributed by atoms with Crippen molar-refractivity contribution < 1.29 is 19.4 Å². The van der Waals surface area contributed by atoms with E-state index in [0.717, 1.165) is 10.8 Å². The molecule has 6 heteroatoms. The molecule has 126 valence electrons. The Morgan fingerprint density at radius 2 is 1.64 bits per heavy atom. The molecule has 0 unspecified atom stereocenters. The van der Waals surface area contributed by atoms with Gasteiger partial charge in [0, 0.05) is 5.39 Å². The highest BCUT2D eigenvalue weighted by molar-refractivity contribution is 6.07. The minimum Gasteiger partial charge on any atom is -0.495 e. The zero-order valence-electron chi connectivity index (χ0n) is 13.4. The van der Waals surface area contributed by atoms with Gasteiger partial charge in [0.05, 0.1) is 24.0 Å². The van der Waals surface area contributed by atoms with Gasteiger partial charge in [-0.1, -0.05) is 36.4 Å². The van der Waals surface area contributed by atoms with Crippen molar-refractivity contribution in [2.24, 2.45) is 0 Å². The molecule has 3 N–H and O–H groups in total. The highest BCUT2D eigenvalue weighted by atomic mass is 16.5. The average molecular weight is 336 g/mol. The number of carboxylic acid groups (broad SMARTS) is 1. The molecule has 0 aliphatic rings. The van der Waals surface area contributed by atoms with Crippen molar-refractivity contribution in [3.63, 3.8) is 0 Å². The van der Waals surface area contributed by atoms with Crippen molar-refractivity contribution in [2.45, 2.75) is 0 Å². The molecule has 6 nitrogen and oxygen atoms in total. The molecule has 2 amide bonds. The van der Waals surface area contributed by atoms with Crippen LogP contribution in [0, 0.1) is 0 Å². The molecular formula is C19H16N2O4. The average Bonchev–Trinajstić information content (AvgIpc) is 2.62. The normalized spacial score (nSPS) is 10.3. The first kappa shape index (κ1) is 16.3. The van der Waals surface area contributed by atoms with E-state index >= 15 is 0 Å². The molecule has 0 aromatic heterocycles. The Hall–Kier alpha value is -3.54. The minimum atomic E-state index is -1.08. The molecule has 0 bridgehead atoms. The van der Waals surface area contributed by atoms with Crippen LogP contribution in [0.2, 0.25) is 0 Å². The van der Waals surface area contributed by atoms with Gasteiger partial charge >= 0.3 is 12.0 Å². The number of ether oxygens (including phenoxy) is 1. The van der Waals surface area contributed by atoms with E-state index in [0.29, 0.717) is 11.4 Å². The van der Waals surface area contributed by atoms with E-state index in [4.69, 9.17) is 9.84 Å². The van der Waals surface area contributed by atoms with Gasteiger partial charge in [-0.2, -0.15) is 0 Å². The first-order chi connectivity index (χ1) is 12.1. The Morgan fingerprint density at radius 3 is 2.40 bits per heavy atom. The molecule has 0 spiro atoms. The number of fused-ring (bicyclic) bond motifs is 1. The fourth-order valence-corrected chi connectivity index (χ4v) is 2.55. The number of nitrogens with one attached hydrogen (secondary N) is 2. The Balaban J connectivity index is 1.85. The molecule has 25 heavy (non-hydrogen) atoms. The predicted molar refractivity (Wildman–Crippen MR) is 96.5 cm³/mol. The van der Waals surface area contributed by atoms with Crippen molar-refractivity contribution >= 4 is 34.1 Å². The topological polar surface area (TPSA) is 87.7 Å². The number of hydrogen-bond donors (Lipinski definition) is 3. The van der Waals surface area contributed by atoms with Crippen molar-refractivity contribution in [2.75, 3.05) is 17.7 Å². The van der Waals surface area contributed by atoms with Crippen molar-refractivity contribution in [1.82, 2.24) is 0 Å². The summed E-state index contributed by atoms with van der Waals surface area (Å²) in [4.78, 5) is 23.5. The zero-order chi connectivity index (χ0) is 17.8. The summed E-state index contributed by atoms with van der Waals surface area (Å²) in [6, 6.07) is 17.1. The maximum atomic E-state index is 12.3. The van der Waals surface area contributed by atoms with Gasteiger partial charge in [0.1, 0.15) is 5.75 Å². The molecule has 3 rings (SSSR count). The Morgan fingerprint density at radius 1 is 0.920 bits per heavy atom. The van der Waals surface area contributed by atoms with E-state index in [1.54, 1.807) is 6.07 Å². The van der Waals surface area contributed by atoms with Crippen LogP contribution >= 0.6 is 0 Å². The van der Waals surface area contributed by atoms with Gasteiger partial charge in [-0.15, -0.1) is 0 Å². The van der Waals surface area contributed by atoms with Gasteiger partial charge < -0.3 is 20.5 Å². The standard InChI is InChI=1S/C19H16N2O4/c1-25-17-10-9-13(18(22)23)11-16(17)21-19(24)20-15-8-4-6-12-5-2-3-7-14(12)15/h2-11H,1H3,(H,22,23)(H2,20,21,24). The SMILES string of the molecule is COc1ccc(C(=O)O)cc1NC(=O)Nc1cccc2ccccc12. The van der Waals surface area contributed by atoms with E-state index in [1.165, 1.54) is 25.3 Å². The van der Waals surface area contributed by atoms with Crippen LogP contribution in [0.25, 0.3) is 10.8 Å². The van der Waals surface area contributed by atoms with Crippen LogP contribution in [0.5, 0.6) is 5.75 Å². The Kier molecular flexibility index (Phi) is 4.52. The molecule has 0 saturated carbocycles. The van der Waals surface area contributed by atoms with E-state index in [9.17, 15) is 9.59 Å². The molecule has 3 aromatic rings. The quantitative estimate of drug-likeness (QED) is 0.666. The van der Waals surface area contributed by atoms with Crippen LogP contribution in [0.1, 0.15) is 10.4 Å². The van der Waals surface area contributed by atoms with Gasteiger partial charge in [-0.05, 0) is 29.7 Å². The second-order valence-electron chi connectivity index (χ2n) is 5.33. The number of carboxylic acids is 1. The number of urea groups is 1. The number of benzene rings is 3. The lowest BCUT2D eigenvalue weighted by molar-refractivity contribution is 0.0697. The van der Waals surface area contributed by atoms with Gasteiger partial charge in [0.25, 0.3) is 0 Å². The summed E-state index contributed by atoms with van der Waals surface area (Å²) in [7, 11) is 1.45. The second-order valence-corrected chi connectivity index (χ2v) is 5.33. The Labute approximate surface area is 144 Å². The molecular weight excluding hydrogens is 320 g/mol. The predicted octanol–water partition coefficient (Wildman–Crippen LogP) is 4.19. The summed E-state index contributed by atoms with van der Waals surface area (Å²) in [5, 5.41) is 16.4. The highest BCUT2D eigenvalue weighted by Crippen LogP contribution is 2.27. The van der Waals surface area contributed by atoms with E-state index in [-0.39, 0.29) is 11.3 Å². The summed E-state index contributed by atoms with van der Waals surface area (Å²) in [5.41, 5.74) is 0.991. The zero-order valence-corrected chi connectivity index (χ0v) is 13.4. The molecule has 0 saturated heterocycles. The number of hydrogen-bond acceptors (Lipinski definition) is 3. The molecule has 0 radical (unpaired) electrons. The van der Waals surface area contributed by atoms with Gasteiger partial charge in [-0.25, -0.2) is 9.59 Å². The van der Waals surface area contributed by atoms with E-state index < -0.39 is 12.0 Å². The lowest BCUT2D eigenvalue weighted by Crippen LogP contribution is -2.20. The second kappa shape index (κ2) is 6.92. The third kappa shape index (κ3) is 3.53. The van der Waals surface area contributed by atoms with E-state index in [1.807, 2.05) is 36.4 Å². The van der Waals surface area contributed by atoms with Crippen molar-refractivity contribution in [3.8, 4) is 5.75 Å². The molecule has 0 atom stereocenters. The number of methoxy groups -OCH3 is 1. The molecule has 0 aliphatic heterocycles. The van der Waals surface area contributed by atoms with Crippen molar-refractivity contribution in [3.05, 3.63) is 66.2 Å². The molecule has 3 aromatic carbocycles. The van der Waals surface area contributed by atoms with E-state index in [2.05, 4.69) is 10.6 Å². The monoisotopic (exact) mass is 336 g/mol. The largest absolute Gasteiger partial charge is 0.495 e. The number of carbonyl (C=O) groups is 2. The number of aromatic carboxylic acids is 1. The van der Waals surface area contributed by atoms with Gasteiger partial charge in [0.2, 0.25) is 0 Å². The first-order valence-corrected chi connectivity index (χ1v) is 7.55. The first-order valence-electron chi connectivity index (χ1n) is 7.55. The third-order valence-electron chi connectivity index (χ3n) is 3.73. The van der Waals surface area contributed by atoms with Crippen LogP contribution in [0.4, 0.5) is 16.2 Å². The summed E-state index contributed by atoms with van der Waals surface area (Å²) < 4.78 is 5.17. The van der Waals surface area contributed by atoms with Crippen LogP contribution < -0.4 is 15.4 Å². The number of amides is 2. The van der Waals surface area contributed by atoms with Gasteiger partial charge in [-0.3, -0.25) is 0 Å². The van der Waals surface area contributed by atoms with Crippen molar-refractivity contribution in [1.29, 1.82) is 0 Å². The maximum absolute atomic E-state index is 12.3. The maximum Gasteiger partial charge on any atom is 0.335 e. The molecule has 0 aliphatic carbocycles. The number of anilines is 2. The fourth-order valence-electron chi connectivity index (χ4n) is 2.55. The lowest BCUT2D eigenvalue weighted by Gasteiger charge is -2.13. The van der Waals surface area contributed by atoms with Crippen LogP contribution in [0.15, 0.2) is 60.7 Å². The van der Waals surface area contributed by atoms with Crippen LogP contribution in [-0.2, 0) is 0 Å².